The predicted octanol–water partition coefficient (Wildman–Crippen LogP) is 4.46. The number of aromatic nitrogens is 1. The number of urea groups is 1. The Labute approximate surface area is 142 Å². The van der Waals surface area contributed by atoms with Crippen molar-refractivity contribution in [3.63, 3.8) is 0 Å². The smallest absolute Gasteiger partial charge is 0.319 e. The average molecular weight is 346 g/mol. The van der Waals surface area contributed by atoms with Crippen LogP contribution in [0.3, 0.4) is 0 Å². The van der Waals surface area contributed by atoms with E-state index in [1.807, 2.05) is 30.3 Å². The summed E-state index contributed by atoms with van der Waals surface area (Å²) in [6, 6.07) is 12.8. The fourth-order valence-corrected chi connectivity index (χ4v) is 2.22. The third-order valence-corrected chi connectivity index (χ3v) is 3.42. The first kappa shape index (κ1) is 16.0. The topological polar surface area (TPSA) is 67.2 Å². The molecular weight excluding hydrogens is 333 g/mol. The van der Waals surface area contributed by atoms with E-state index in [-0.39, 0.29) is 12.2 Å². The largest absolute Gasteiger partial charge is 0.439 e. The summed E-state index contributed by atoms with van der Waals surface area (Å²) in [5.41, 5.74) is 0.888. The van der Waals surface area contributed by atoms with Crippen LogP contribution in [0.1, 0.15) is 5.89 Å². The van der Waals surface area contributed by atoms with Crippen LogP contribution in [0.15, 0.2) is 59.1 Å². The number of amides is 2. The molecule has 2 N–H and O–H groups in total. The minimum atomic E-state index is -0.587. The normalized spacial score (nSPS) is 10.4. The van der Waals surface area contributed by atoms with Gasteiger partial charge >= 0.3 is 6.03 Å². The van der Waals surface area contributed by atoms with Gasteiger partial charge in [-0.1, -0.05) is 41.9 Å². The maximum atomic E-state index is 13.6. The van der Waals surface area contributed by atoms with Crippen molar-refractivity contribution < 1.29 is 13.6 Å². The molecule has 122 valence electrons. The van der Waals surface area contributed by atoms with Crippen LogP contribution in [0, 0.1) is 5.82 Å². The number of benzene rings is 2. The Morgan fingerprint density at radius 1 is 1.21 bits per heavy atom. The fraction of sp³-hybridized carbons (Fsp3) is 0.0588. The molecule has 24 heavy (non-hydrogen) atoms. The number of carbonyl (C=O) groups is 1. The molecule has 3 aromatic rings. The van der Waals surface area contributed by atoms with E-state index in [2.05, 4.69) is 15.6 Å². The summed E-state index contributed by atoms with van der Waals surface area (Å²) in [6.45, 7) is 0.0703. The van der Waals surface area contributed by atoms with Gasteiger partial charge in [-0.2, -0.15) is 0 Å². The minimum Gasteiger partial charge on any atom is -0.439 e. The van der Waals surface area contributed by atoms with Crippen LogP contribution in [0.25, 0.3) is 11.3 Å². The Hall–Kier alpha value is -2.86. The van der Waals surface area contributed by atoms with Gasteiger partial charge < -0.3 is 15.1 Å². The number of carbonyl (C=O) groups excluding carboxylic acids is 1. The molecule has 0 aliphatic rings. The molecule has 0 atom stereocenters. The average Bonchev–Trinajstić information content (AvgIpc) is 3.06. The summed E-state index contributed by atoms with van der Waals surface area (Å²) >= 11 is 5.77. The third kappa shape index (κ3) is 3.91. The van der Waals surface area contributed by atoms with Gasteiger partial charge in [0.2, 0.25) is 5.89 Å². The number of anilines is 1. The Morgan fingerprint density at radius 3 is 2.79 bits per heavy atom. The molecule has 1 aromatic heterocycles. The van der Waals surface area contributed by atoms with E-state index in [4.69, 9.17) is 16.0 Å². The van der Waals surface area contributed by atoms with Crippen LogP contribution in [-0.2, 0) is 6.54 Å². The number of hydrogen-bond acceptors (Lipinski definition) is 3. The summed E-state index contributed by atoms with van der Waals surface area (Å²) in [5.74, 6) is 0.376. The second-order valence-corrected chi connectivity index (χ2v) is 5.35. The molecule has 0 saturated carbocycles. The third-order valence-electron chi connectivity index (χ3n) is 3.19. The summed E-state index contributed by atoms with van der Waals surface area (Å²) in [4.78, 5) is 15.9. The lowest BCUT2D eigenvalue weighted by molar-refractivity contribution is 0.250. The second kappa shape index (κ2) is 7.14. The lowest BCUT2D eigenvalue weighted by Gasteiger charge is -2.07. The van der Waals surface area contributed by atoms with Crippen LogP contribution in [0.4, 0.5) is 14.9 Å². The number of halogens is 2. The molecule has 1 heterocycles. The van der Waals surface area contributed by atoms with E-state index in [1.165, 1.54) is 18.2 Å². The van der Waals surface area contributed by atoms with Gasteiger partial charge in [-0.3, -0.25) is 0 Å². The molecule has 0 spiro atoms. The molecular formula is C17H13ClFN3O2. The highest BCUT2D eigenvalue weighted by Crippen LogP contribution is 2.20. The molecule has 0 aliphatic heterocycles. The highest BCUT2D eigenvalue weighted by molar-refractivity contribution is 6.30. The van der Waals surface area contributed by atoms with Gasteiger partial charge in [0, 0.05) is 10.6 Å². The molecule has 0 radical (unpaired) electrons. The van der Waals surface area contributed by atoms with E-state index in [0.29, 0.717) is 16.7 Å². The molecule has 2 aromatic carbocycles. The van der Waals surface area contributed by atoms with Gasteiger partial charge in [-0.15, -0.1) is 0 Å². The lowest BCUT2D eigenvalue weighted by atomic mass is 10.2. The quantitative estimate of drug-likeness (QED) is 0.733. The predicted molar refractivity (Wildman–Crippen MR) is 89.2 cm³/mol. The van der Waals surface area contributed by atoms with Gasteiger partial charge in [0.05, 0.1) is 18.4 Å². The zero-order chi connectivity index (χ0) is 16.9. The highest BCUT2D eigenvalue weighted by Gasteiger charge is 2.10. The van der Waals surface area contributed by atoms with Gasteiger partial charge in [0.25, 0.3) is 0 Å². The van der Waals surface area contributed by atoms with E-state index >= 15 is 0 Å². The van der Waals surface area contributed by atoms with Crippen molar-refractivity contribution >= 4 is 23.3 Å². The van der Waals surface area contributed by atoms with E-state index in [9.17, 15) is 9.18 Å². The Morgan fingerprint density at radius 2 is 2.00 bits per heavy atom. The highest BCUT2D eigenvalue weighted by atomic mass is 35.5. The number of rotatable bonds is 4. The molecule has 0 saturated heterocycles. The van der Waals surface area contributed by atoms with Gasteiger partial charge in [0.15, 0.2) is 5.76 Å². The first-order valence-corrected chi connectivity index (χ1v) is 7.49. The van der Waals surface area contributed by atoms with Crippen molar-refractivity contribution in [2.75, 3.05) is 5.32 Å². The van der Waals surface area contributed by atoms with Gasteiger partial charge in [-0.05, 0) is 18.2 Å². The number of hydrogen-bond donors (Lipinski definition) is 2. The summed E-state index contributed by atoms with van der Waals surface area (Å²) in [6.07, 6.45) is 1.58. The van der Waals surface area contributed by atoms with E-state index < -0.39 is 11.8 Å². The van der Waals surface area contributed by atoms with Crippen molar-refractivity contribution in [2.24, 2.45) is 0 Å². The Bertz CT molecular complexity index is 852. The lowest BCUT2D eigenvalue weighted by Crippen LogP contribution is -2.28. The number of nitrogens with zero attached hydrogens (tertiary/aromatic N) is 1. The Kier molecular flexibility index (Phi) is 4.77. The zero-order valence-electron chi connectivity index (χ0n) is 12.4. The van der Waals surface area contributed by atoms with Crippen LogP contribution in [-0.4, -0.2) is 11.0 Å². The molecule has 5 nitrogen and oxygen atoms in total. The molecule has 7 heteroatoms. The van der Waals surface area contributed by atoms with Crippen LogP contribution in [0.2, 0.25) is 5.02 Å². The first-order valence-electron chi connectivity index (χ1n) is 7.12. The summed E-state index contributed by atoms with van der Waals surface area (Å²) in [5, 5.41) is 5.25. The van der Waals surface area contributed by atoms with E-state index in [0.717, 1.165) is 5.56 Å². The second-order valence-electron chi connectivity index (χ2n) is 4.92. The molecule has 0 unspecified atom stereocenters. The summed E-state index contributed by atoms with van der Waals surface area (Å²) < 4.78 is 19.1. The number of oxazole rings is 1. The van der Waals surface area contributed by atoms with Crippen LogP contribution in [0.5, 0.6) is 0 Å². The molecule has 2 amide bonds. The van der Waals surface area contributed by atoms with Crippen LogP contribution < -0.4 is 10.6 Å². The van der Waals surface area contributed by atoms with E-state index in [1.54, 1.807) is 6.20 Å². The molecule has 0 fully saturated rings. The number of nitrogens with one attached hydrogen (secondary N) is 2. The molecule has 3 rings (SSSR count). The minimum absolute atomic E-state index is 0.00243. The Balaban J connectivity index is 1.59. The van der Waals surface area contributed by atoms with Crippen molar-refractivity contribution in [3.8, 4) is 11.3 Å². The van der Waals surface area contributed by atoms with Crippen LogP contribution >= 0.6 is 11.6 Å². The van der Waals surface area contributed by atoms with Crippen molar-refractivity contribution in [1.29, 1.82) is 0 Å². The maximum absolute atomic E-state index is 13.6. The fourth-order valence-electron chi connectivity index (χ4n) is 2.04. The van der Waals surface area contributed by atoms with Crippen molar-refractivity contribution in [3.05, 3.63) is 71.5 Å². The monoisotopic (exact) mass is 345 g/mol. The van der Waals surface area contributed by atoms with Crippen molar-refractivity contribution in [2.45, 2.75) is 6.54 Å². The SMILES string of the molecule is O=C(NCc1ncc(-c2ccccc2)o1)Nc1cc(Cl)ccc1F. The zero-order valence-corrected chi connectivity index (χ0v) is 13.2. The maximum Gasteiger partial charge on any atom is 0.319 e. The molecule has 0 bridgehead atoms. The van der Waals surface area contributed by atoms with Crippen molar-refractivity contribution in [1.82, 2.24) is 10.3 Å². The first-order chi connectivity index (χ1) is 11.6. The van der Waals surface area contributed by atoms with Gasteiger partial charge in [-0.25, -0.2) is 14.2 Å². The van der Waals surface area contributed by atoms with Gasteiger partial charge in [0.1, 0.15) is 5.82 Å². The summed E-state index contributed by atoms with van der Waals surface area (Å²) in [7, 11) is 0. The molecule has 0 aliphatic carbocycles. The standard InChI is InChI=1S/C17H13ClFN3O2/c18-12-6-7-13(19)14(8-12)22-17(23)21-10-16-20-9-15(24-16)11-4-2-1-3-5-11/h1-9H,10H2,(H2,21,22,23).